The van der Waals surface area contributed by atoms with Gasteiger partial charge in [0.2, 0.25) is 0 Å². The Morgan fingerprint density at radius 3 is 2.65 bits per heavy atom. The van der Waals surface area contributed by atoms with Gasteiger partial charge in [0.1, 0.15) is 11.2 Å². The number of nitrogens with zero attached hydrogens (tertiary/aromatic N) is 1. The third-order valence-electron chi connectivity index (χ3n) is 5.41. The van der Waals surface area contributed by atoms with E-state index in [-0.39, 0.29) is 10.7 Å². The van der Waals surface area contributed by atoms with Gasteiger partial charge in [-0.3, -0.25) is 9.69 Å². The van der Waals surface area contributed by atoms with E-state index in [2.05, 4.69) is 11.8 Å². The average Bonchev–Trinajstić information content (AvgIpc) is 2.61. The predicted molar refractivity (Wildman–Crippen MR) is 100 cm³/mol. The van der Waals surface area contributed by atoms with Crippen molar-refractivity contribution in [1.29, 1.82) is 0 Å². The van der Waals surface area contributed by atoms with Gasteiger partial charge in [0.05, 0.1) is 0 Å². The zero-order chi connectivity index (χ0) is 18.7. The number of benzene rings is 1. The standard InChI is InChI=1S/C20H27NO4S/c1-3-10-21-11-4-5-16-13-20(22)17(12-19(16)21)14-25-26(23,24)18-8-6-15(2)7-9-18/h6-9,14,16,19H,3-5,10-13H2,1-2H3/t16-,19-/m0/s1. The number of piperidine rings is 1. The summed E-state index contributed by atoms with van der Waals surface area (Å²) in [5, 5.41) is 0. The number of Topliss-reactive ketones (excluding diaryl/α,β-unsaturated/α-hetero) is 1. The molecule has 5 nitrogen and oxygen atoms in total. The maximum absolute atomic E-state index is 12.5. The largest absolute Gasteiger partial charge is 0.387 e. The quantitative estimate of drug-likeness (QED) is 0.447. The summed E-state index contributed by atoms with van der Waals surface area (Å²) in [6, 6.07) is 6.81. The Kier molecular flexibility index (Phi) is 5.82. The highest BCUT2D eigenvalue weighted by molar-refractivity contribution is 7.86. The van der Waals surface area contributed by atoms with E-state index in [9.17, 15) is 13.2 Å². The molecule has 0 bridgehead atoms. The Labute approximate surface area is 156 Å². The Bertz CT molecular complexity index is 781. The summed E-state index contributed by atoms with van der Waals surface area (Å²) >= 11 is 0. The van der Waals surface area contributed by atoms with Crippen LogP contribution in [0.1, 0.15) is 44.6 Å². The first-order chi connectivity index (χ1) is 12.4. The Hall–Kier alpha value is -1.66. The summed E-state index contributed by atoms with van der Waals surface area (Å²) in [5.74, 6) is 0.400. The van der Waals surface area contributed by atoms with Crippen molar-refractivity contribution in [3.05, 3.63) is 41.7 Å². The molecular formula is C20H27NO4S. The number of fused-ring (bicyclic) bond motifs is 1. The molecule has 0 aromatic heterocycles. The van der Waals surface area contributed by atoms with Crippen molar-refractivity contribution in [3.8, 4) is 0 Å². The van der Waals surface area contributed by atoms with E-state index in [0.717, 1.165) is 37.9 Å². The lowest BCUT2D eigenvalue weighted by Gasteiger charge is -2.44. The highest BCUT2D eigenvalue weighted by Gasteiger charge is 2.38. The van der Waals surface area contributed by atoms with Crippen LogP contribution in [0.5, 0.6) is 0 Å². The fraction of sp³-hybridized carbons (Fsp3) is 0.550. The van der Waals surface area contributed by atoms with Crippen LogP contribution in [0.2, 0.25) is 0 Å². The number of aryl methyl sites for hydroxylation is 1. The molecule has 0 spiro atoms. The molecule has 0 radical (unpaired) electrons. The number of carbonyl (C=O) groups excluding carboxylic acids is 1. The van der Waals surface area contributed by atoms with E-state index in [1.165, 1.54) is 18.4 Å². The van der Waals surface area contributed by atoms with E-state index < -0.39 is 10.1 Å². The third kappa shape index (κ3) is 4.18. The van der Waals surface area contributed by atoms with Crippen LogP contribution in [-0.2, 0) is 19.1 Å². The lowest BCUT2D eigenvalue weighted by molar-refractivity contribution is -0.119. The number of carbonyl (C=O) groups is 1. The summed E-state index contributed by atoms with van der Waals surface area (Å²) in [6.45, 7) is 6.12. The second kappa shape index (κ2) is 7.92. The maximum Gasteiger partial charge on any atom is 0.338 e. The van der Waals surface area contributed by atoms with Crippen molar-refractivity contribution >= 4 is 15.9 Å². The summed E-state index contributed by atoms with van der Waals surface area (Å²) in [7, 11) is -3.90. The highest BCUT2D eigenvalue weighted by Crippen LogP contribution is 2.36. The SMILES string of the molecule is CCCN1CCC[C@H]2CC(=O)C(=COS(=O)(=O)c3ccc(C)cc3)C[C@@H]21. The normalized spacial score (nSPS) is 25.9. The Morgan fingerprint density at radius 1 is 1.23 bits per heavy atom. The van der Waals surface area contributed by atoms with Gasteiger partial charge in [0, 0.05) is 18.0 Å². The van der Waals surface area contributed by atoms with E-state index >= 15 is 0 Å². The predicted octanol–water partition coefficient (Wildman–Crippen LogP) is 3.44. The number of rotatable bonds is 5. The highest BCUT2D eigenvalue weighted by atomic mass is 32.2. The minimum absolute atomic E-state index is 0.0173. The molecule has 142 valence electrons. The van der Waals surface area contributed by atoms with Crippen LogP contribution in [0.25, 0.3) is 0 Å². The zero-order valence-corrected chi connectivity index (χ0v) is 16.3. The molecular weight excluding hydrogens is 350 g/mol. The van der Waals surface area contributed by atoms with Crippen molar-refractivity contribution in [2.45, 2.75) is 56.9 Å². The molecule has 2 atom stereocenters. The van der Waals surface area contributed by atoms with Gasteiger partial charge in [0.15, 0.2) is 5.78 Å². The summed E-state index contributed by atoms with van der Waals surface area (Å²) in [4.78, 5) is 15.0. The molecule has 0 unspecified atom stereocenters. The fourth-order valence-electron chi connectivity index (χ4n) is 4.02. The number of likely N-dealkylation sites (tertiary alicyclic amines) is 1. The molecule has 6 heteroatoms. The molecule has 1 aromatic carbocycles. The smallest absolute Gasteiger partial charge is 0.338 e. The van der Waals surface area contributed by atoms with Gasteiger partial charge in [-0.15, -0.1) is 0 Å². The summed E-state index contributed by atoms with van der Waals surface area (Å²) in [5.41, 5.74) is 1.47. The van der Waals surface area contributed by atoms with Crippen LogP contribution in [0.3, 0.4) is 0 Å². The van der Waals surface area contributed by atoms with Crippen LogP contribution in [0, 0.1) is 12.8 Å². The van der Waals surface area contributed by atoms with Crippen molar-refractivity contribution in [2.24, 2.45) is 5.92 Å². The minimum Gasteiger partial charge on any atom is -0.387 e. The van der Waals surface area contributed by atoms with Crippen LogP contribution in [0.15, 0.2) is 41.0 Å². The molecule has 1 saturated carbocycles. The maximum atomic E-state index is 12.5. The topological polar surface area (TPSA) is 63.7 Å². The molecule has 1 aliphatic heterocycles. The van der Waals surface area contributed by atoms with Crippen LogP contribution in [0.4, 0.5) is 0 Å². The summed E-state index contributed by atoms with van der Waals surface area (Å²) in [6.07, 6.45) is 5.52. The Balaban J connectivity index is 1.75. The minimum atomic E-state index is -3.90. The van der Waals surface area contributed by atoms with E-state index in [0.29, 0.717) is 30.4 Å². The first kappa shape index (κ1) is 19.1. The fourth-order valence-corrected chi connectivity index (χ4v) is 4.84. The molecule has 0 amide bonds. The molecule has 1 aromatic rings. The Morgan fingerprint density at radius 2 is 1.96 bits per heavy atom. The second-order valence-electron chi connectivity index (χ2n) is 7.34. The monoisotopic (exact) mass is 377 g/mol. The van der Waals surface area contributed by atoms with E-state index in [1.807, 2.05) is 6.92 Å². The lowest BCUT2D eigenvalue weighted by Crippen LogP contribution is -2.49. The van der Waals surface area contributed by atoms with Crippen molar-refractivity contribution in [3.63, 3.8) is 0 Å². The van der Waals surface area contributed by atoms with E-state index in [1.54, 1.807) is 12.1 Å². The van der Waals surface area contributed by atoms with Gasteiger partial charge < -0.3 is 4.18 Å². The number of ketones is 1. The average molecular weight is 378 g/mol. The van der Waals surface area contributed by atoms with Crippen molar-refractivity contribution in [1.82, 2.24) is 4.90 Å². The first-order valence-corrected chi connectivity index (χ1v) is 10.8. The van der Waals surface area contributed by atoms with Crippen molar-refractivity contribution < 1.29 is 17.4 Å². The van der Waals surface area contributed by atoms with Gasteiger partial charge in [-0.2, -0.15) is 8.42 Å². The molecule has 1 heterocycles. The van der Waals surface area contributed by atoms with E-state index in [4.69, 9.17) is 4.18 Å². The zero-order valence-electron chi connectivity index (χ0n) is 15.5. The molecule has 3 rings (SSSR count). The molecule has 1 saturated heterocycles. The number of hydrogen-bond donors (Lipinski definition) is 0. The van der Waals surface area contributed by atoms with Gasteiger partial charge in [-0.05, 0) is 63.7 Å². The summed E-state index contributed by atoms with van der Waals surface area (Å²) < 4.78 is 29.8. The molecule has 1 aliphatic carbocycles. The molecule has 2 fully saturated rings. The van der Waals surface area contributed by atoms with Crippen LogP contribution >= 0.6 is 0 Å². The van der Waals surface area contributed by atoms with Crippen LogP contribution in [-0.4, -0.2) is 38.2 Å². The van der Waals surface area contributed by atoms with Gasteiger partial charge >= 0.3 is 10.1 Å². The number of hydrogen-bond acceptors (Lipinski definition) is 5. The van der Waals surface area contributed by atoms with Crippen molar-refractivity contribution in [2.75, 3.05) is 13.1 Å². The molecule has 26 heavy (non-hydrogen) atoms. The molecule has 2 aliphatic rings. The van der Waals surface area contributed by atoms with Gasteiger partial charge in [-0.25, -0.2) is 0 Å². The lowest BCUT2D eigenvalue weighted by atomic mass is 9.76. The van der Waals surface area contributed by atoms with Crippen LogP contribution < -0.4 is 0 Å². The van der Waals surface area contributed by atoms with Gasteiger partial charge in [0.25, 0.3) is 0 Å². The first-order valence-electron chi connectivity index (χ1n) is 9.37. The second-order valence-corrected chi connectivity index (χ2v) is 8.92. The third-order valence-corrected chi connectivity index (χ3v) is 6.60. The van der Waals surface area contributed by atoms with Gasteiger partial charge in [-0.1, -0.05) is 24.6 Å². The molecule has 0 N–H and O–H groups in total.